The van der Waals surface area contributed by atoms with Crippen molar-refractivity contribution in [2.45, 2.75) is 25.5 Å². The number of hydrogen-bond acceptors (Lipinski definition) is 3. The normalized spacial score (nSPS) is 17.9. The Morgan fingerprint density at radius 1 is 1.32 bits per heavy atom. The van der Waals surface area contributed by atoms with E-state index in [9.17, 15) is 9.90 Å². The van der Waals surface area contributed by atoms with Gasteiger partial charge >= 0.3 is 5.97 Å². The maximum atomic E-state index is 11.7. The van der Waals surface area contributed by atoms with Crippen molar-refractivity contribution < 1.29 is 14.6 Å². The largest absolute Gasteiger partial charge is 0.477 e. The number of ether oxygens (including phenoxy) is 1. The summed E-state index contributed by atoms with van der Waals surface area (Å²) in [5.74, 6) is -1.05. The zero-order valence-electron chi connectivity index (χ0n) is 13.2. The minimum Gasteiger partial charge on any atom is -0.477 e. The molecule has 1 saturated heterocycles. The molecule has 1 N–H and O–H groups in total. The zero-order chi connectivity index (χ0) is 17.6. The lowest BCUT2D eigenvalue weighted by molar-refractivity contribution is -0.0394. The lowest BCUT2D eigenvalue weighted by Gasteiger charge is -2.22. The first-order chi connectivity index (χ1) is 12.1. The van der Waals surface area contributed by atoms with Crippen LogP contribution in [0.15, 0.2) is 30.6 Å². The highest BCUT2D eigenvalue weighted by Crippen LogP contribution is 2.35. The molecule has 1 aromatic carbocycles. The number of fused-ring (bicyclic) bond motifs is 1. The lowest BCUT2D eigenvalue weighted by atomic mass is 10.2. The minimum absolute atomic E-state index is 0.100. The third-order valence-electron chi connectivity index (χ3n) is 4.39. The second kappa shape index (κ2) is 6.37. The predicted octanol–water partition coefficient (Wildman–Crippen LogP) is 4.53. The van der Waals surface area contributed by atoms with Crippen LogP contribution in [0.5, 0.6) is 0 Å². The number of aromatic nitrogens is 3. The van der Waals surface area contributed by atoms with Crippen molar-refractivity contribution in [1.82, 2.24) is 14.3 Å². The van der Waals surface area contributed by atoms with Gasteiger partial charge in [0.2, 0.25) is 0 Å². The van der Waals surface area contributed by atoms with E-state index in [0.717, 1.165) is 19.3 Å². The first kappa shape index (κ1) is 16.4. The Hall–Kier alpha value is -2.02. The van der Waals surface area contributed by atoms with Gasteiger partial charge in [0.25, 0.3) is 0 Å². The monoisotopic (exact) mass is 379 g/mol. The molecule has 4 rings (SSSR count). The van der Waals surface area contributed by atoms with Crippen molar-refractivity contribution in [3.05, 3.63) is 46.3 Å². The summed E-state index contributed by atoms with van der Waals surface area (Å²) in [5, 5.41) is 15.3. The molecule has 0 spiro atoms. The fourth-order valence-electron chi connectivity index (χ4n) is 3.19. The summed E-state index contributed by atoms with van der Waals surface area (Å²) in [4.78, 5) is 11.7. The summed E-state index contributed by atoms with van der Waals surface area (Å²) >= 11 is 12.3. The van der Waals surface area contributed by atoms with E-state index in [2.05, 4.69) is 5.10 Å². The van der Waals surface area contributed by atoms with Crippen LogP contribution in [0.1, 0.15) is 36.0 Å². The van der Waals surface area contributed by atoms with Crippen molar-refractivity contribution in [1.29, 1.82) is 0 Å². The summed E-state index contributed by atoms with van der Waals surface area (Å²) in [6.45, 7) is 0.709. The van der Waals surface area contributed by atoms with Crippen LogP contribution in [-0.4, -0.2) is 32.0 Å². The Kier molecular flexibility index (Phi) is 4.19. The smallest absolute Gasteiger partial charge is 0.352 e. The molecule has 3 aromatic rings. The standard InChI is InChI=1S/C17H15Cl2N3O3/c18-12-4-5-13-11(16(12)19)7-14(17(23)24)22(13)10-8-20-21(9-10)15-3-1-2-6-25-15/h4-5,7-9,15H,1-3,6H2,(H,23,24). The molecule has 130 valence electrons. The van der Waals surface area contributed by atoms with Crippen molar-refractivity contribution >= 4 is 40.1 Å². The molecule has 0 bridgehead atoms. The van der Waals surface area contributed by atoms with Crippen molar-refractivity contribution in [2.75, 3.05) is 6.61 Å². The van der Waals surface area contributed by atoms with Crippen LogP contribution in [0.3, 0.4) is 0 Å². The Bertz CT molecular complexity index is 958. The van der Waals surface area contributed by atoms with E-state index in [4.69, 9.17) is 27.9 Å². The zero-order valence-corrected chi connectivity index (χ0v) is 14.7. The summed E-state index contributed by atoms with van der Waals surface area (Å²) in [5.41, 5.74) is 1.40. The van der Waals surface area contributed by atoms with Gasteiger partial charge in [0.1, 0.15) is 11.9 Å². The van der Waals surface area contributed by atoms with E-state index in [1.165, 1.54) is 6.07 Å². The summed E-state index contributed by atoms with van der Waals surface area (Å²) in [6, 6.07) is 4.94. The van der Waals surface area contributed by atoms with Crippen LogP contribution >= 0.6 is 23.2 Å². The fourth-order valence-corrected chi connectivity index (χ4v) is 3.57. The molecule has 8 heteroatoms. The van der Waals surface area contributed by atoms with Crippen LogP contribution in [0.4, 0.5) is 0 Å². The molecule has 1 unspecified atom stereocenters. The summed E-state index contributed by atoms with van der Waals surface area (Å²) in [7, 11) is 0. The second-order valence-corrected chi connectivity index (χ2v) is 6.75. The van der Waals surface area contributed by atoms with E-state index in [1.54, 1.807) is 33.8 Å². The highest BCUT2D eigenvalue weighted by atomic mass is 35.5. The molecule has 6 nitrogen and oxygen atoms in total. The van der Waals surface area contributed by atoms with Crippen molar-refractivity contribution in [3.8, 4) is 5.69 Å². The average Bonchev–Trinajstić information content (AvgIpc) is 3.23. The third kappa shape index (κ3) is 2.80. The Labute approximate surface area is 153 Å². The molecule has 1 aliphatic rings. The molecule has 0 amide bonds. The maximum absolute atomic E-state index is 11.7. The van der Waals surface area contributed by atoms with Crippen molar-refractivity contribution in [3.63, 3.8) is 0 Å². The van der Waals surface area contributed by atoms with Crippen molar-refractivity contribution in [2.24, 2.45) is 0 Å². The molecule has 25 heavy (non-hydrogen) atoms. The number of carboxylic acid groups (broad SMARTS) is 1. The maximum Gasteiger partial charge on any atom is 0.352 e. The van der Waals surface area contributed by atoms with Gasteiger partial charge in [-0.15, -0.1) is 0 Å². The molecule has 1 aliphatic heterocycles. The predicted molar refractivity (Wildman–Crippen MR) is 94.9 cm³/mol. The van der Waals surface area contributed by atoms with Crippen LogP contribution < -0.4 is 0 Å². The number of benzene rings is 1. The average molecular weight is 380 g/mol. The van der Waals surface area contributed by atoms with Crippen LogP contribution in [0.2, 0.25) is 10.0 Å². The van der Waals surface area contributed by atoms with E-state index in [-0.39, 0.29) is 11.9 Å². The Morgan fingerprint density at radius 2 is 2.16 bits per heavy atom. The van der Waals surface area contributed by atoms with Gasteiger partial charge in [0.15, 0.2) is 0 Å². The van der Waals surface area contributed by atoms with Gasteiger partial charge < -0.3 is 14.4 Å². The van der Waals surface area contributed by atoms with Gasteiger partial charge in [0.05, 0.1) is 33.6 Å². The number of rotatable bonds is 3. The van der Waals surface area contributed by atoms with Crippen LogP contribution in [0, 0.1) is 0 Å². The Morgan fingerprint density at radius 3 is 2.88 bits per heavy atom. The molecule has 0 radical (unpaired) electrons. The molecule has 1 atom stereocenters. The molecule has 1 fully saturated rings. The van der Waals surface area contributed by atoms with Gasteiger partial charge in [-0.05, 0) is 37.5 Å². The molecule has 0 saturated carbocycles. The third-order valence-corrected chi connectivity index (χ3v) is 5.21. The van der Waals surface area contributed by atoms with E-state index in [1.807, 2.05) is 0 Å². The number of nitrogens with zero attached hydrogens (tertiary/aromatic N) is 3. The topological polar surface area (TPSA) is 69.3 Å². The molecular formula is C17H15Cl2N3O3. The van der Waals surface area contributed by atoms with Gasteiger partial charge in [-0.2, -0.15) is 5.10 Å². The number of carbonyl (C=O) groups is 1. The van der Waals surface area contributed by atoms with Crippen LogP contribution in [-0.2, 0) is 4.74 Å². The first-order valence-electron chi connectivity index (χ1n) is 7.95. The fraction of sp³-hybridized carbons (Fsp3) is 0.294. The SMILES string of the molecule is O=C(O)c1cc2c(Cl)c(Cl)ccc2n1-c1cnn(C2CCCCO2)c1. The quantitative estimate of drug-likeness (QED) is 0.725. The van der Waals surface area contributed by atoms with Gasteiger partial charge in [-0.1, -0.05) is 23.2 Å². The number of carboxylic acids is 1. The van der Waals surface area contributed by atoms with Gasteiger partial charge in [-0.3, -0.25) is 0 Å². The molecule has 0 aliphatic carbocycles. The van der Waals surface area contributed by atoms with Gasteiger partial charge in [0, 0.05) is 12.0 Å². The number of hydrogen-bond donors (Lipinski definition) is 1. The molecule has 3 heterocycles. The summed E-state index contributed by atoms with van der Waals surface area (Å²) < 4.78 is 9.09. The minimum atomic E-state index is -1.05. The number of halogens is 2. The van der Waals surface area contributed by atoms with E-state index >= 15 is 0 Å². The Balaban J connectivity index is 1.85. The first-order valence-corrected chi connectivity index (χ1v) is 8.71. The summed E-state index contributed by atoms with van der Waals surface area (Å²) in [6.07, 6.45) is 6.34. The number of aromatic carboxylic acids is 1. The lowest BCUT2D eigenvalue weighted by Crippen LogP contribution is -2.18. The van der Waals surface area contributed by atoms with E-state index < -0.39 is 5.97 Å². The second-order valence-electron chi connectivity index (χ2n) is 5.96. The van der Waals surface area contributed by atoms with E-state index in [0.29, 0.717) is 33.2 Å². The highest BCUT2D eigenvalue weighted by Gasteiger charge is 2.22. The van der Waals surface area contributed by atoms with Crippen LogP contribution in [0.25, 0.3) is 16.6 Å². The highest BCUT2D eigenvalue weighted by molar-refractivity contribution is 6.45. The molecule has 2 aromatic heterocycles. The van der Waals surface area contributed by atoms with Gasteiger partial charge in [-0.25, -0.2) is 9.48 Å². The molecular weight excluding hydrogens is 365 g/mol.